The van der Waals surface area contributed by atoms with Crippen LogP contribution in [0.5, 0.6) is 5.75 Å². The molecule has 2 heterocycles. The number of methoxy groups -OCH3 is 2. The molecule has 0 radical (unpaired) electrons. The Morgan fingerprint density at radius 3 is 2.56 bits per heavy atom. The van der Waals surface area contributed by atoms with E-state index in [0.717, 1.165) is 95.6 Å². The number of piperidine rings is 1. The van der Waals surface area contributed by atoms with Crippen LogP contribution in [0.3, 0.4) is 0 Å². The van der Waals surface area contributed by atoms with Crippen molar-refractivity contribution in [3.05, 3.63) is 23.8 Å². The summed E-state index contributed by atoms with van der Waals surface area (Å²) >= 11 is 0. The zero-order valence-electron chi connectivity index (χ0n) is 26.4. The van der Waals surface area contributed by atoms with E-state index in [-0.39, 0.29) is 17.6 Å². The second-order valence-electron chi connectivity index (χ2n) is 13.7. The molecular weight excluding hydrogens is 518 g/mol. The van der Waals surface area contributed by atoms with Gasteiger partial charge in [0.2, 0.25) is 5.91 Å². The van der Waals surface area contributed by atoms with Crippen molar-refractivity contribution in [3.8, 4) is 5.75 Å². The van der Waals surface area contributed by atoms with Crippen molar-refractivity contribution < 1.29 is 23.7 Å². The lowest BCUT2D eigenvalue weighted by Crippen LogP contribution is -2.48. The number of anilines is 1. The van der Waals surface area contributed by atoms with E-state index in [2.05, 4.69) is 61.4 Å². The third kappa shape index (κ3) is 9.31. The molecule has 232 valence electrons. The van der Waals surface area contributed by atoms with E-state index < -0.39 is 5.41 Å². The molecular formula is C33H55N3O5. The Bertz CT molecular complexity index is 968. The quantitative estimate of drug-likeness (QED) is 0.319. The summed E-state index contributed by atoms with van der Waals surface area (Å²) in [6, 6.07) is 6.76. The first kappa shape index (κ1) is 32.1. The molecule has 3 aliphatic rings. The van der Waals surface area contributed by atoms with Gasteiger partial charge in [-0.15, -0.1) is 0 Å². The number of hydrogen-bond donors (Lipinski definition) is 2. The summed E-state index contributed by atoms with van der Waals surface area (Å²) in [6.07, 6.45) is 8.87. The molecule has 1 aromatic carbocycles. The molecule has 1 saturated carbocycles. The first-order valence-electron chi connectivity index (χ1n) is 15.8. The first-order valence-corrected chi connectivity index (χ1v) is 15.8. The van der Waals surface area contributed by atoms with Gasteiger partial charge < -0.3 is 34.5 Å². The number of benzene rings is 1. The summed E-state index contributed by atoms with van der Waals surface area (Å²) in [7, 11) is 3.55. The van der Waals surface area contributed by atoms with Gasteiger partial charge in [-0.25, -0.2) is 0 Å². The van der Waals surface area contributed by atoms with E-state index in [1.807, 2.05) is 0 Å². The molecule has 4 rings (SSSR count). The second kappa shape index (κ2) is 14.5. The maximum atomic E-state index is 13.1. The van der Waals surface area contributed by atoms with Crippen molar-refractivity contribution in [2.24, 2.45) is 11.3 Å². The number of rotatable bonds is 13. The number of nitrogens with zero attached hydrogens (tertiary/aromatic N) is 1. The summed E-state index contributed by atoms with van der Waals surface area (Å²) in [6.45, 7) is 13.2. The normalized spacial score (nSPS) is 26.2. The van der Waals surface area contributed by atoms with Gasteiger partial charge >= 0.3 is 0 Å². The third-order valence-electron chi connectivity index (χ3n) is 9.11. The van der Waals surface area contributed by atoms with Crippen molar-refractivity contribution in [3.63, 3.8) is 0 Å². The van der Waals surface area contributed by atoms with Gasteiger partial charge in [-0.2, -0.15) is 0 Å². The van der Waals surface area contributed by atoms with E-state index in [1.165, 1.54) is 5.56 Å². The van der Waals surface area contributed by atoms with Crippen LogP contribution in [-0.4, -0.2) is 76.8 Å². The van der Waals surface area contributed by atoms with Gasteiger partial charge in [0.05, 0.1) is 31.0 Å². The first-order chi connectivity index (χ1) is 19.6. The minimum absolute atomic E-state index is 0.169. The van der Waals surface area contributed by atoms with Gasteiger partial charge in [-0.3, -0.25) is 4.79 Å². The van der Waals surface area contributed by atoms with E-state index in [9.17, 15) is 4.79 Å². The molecule has 2 atom stereocenters. The molecule has 0 unspecified atom stereocenters. The topological polar surface area (TPSA) is 81.3 Å². The Hall–Kier alpha value is -1.87. The lowest BCUT2D eigenvalue weighted by molar-refractivity contribution is -0.130. The van der Waals surface area contributed by atoms with Crippen LogP contribution in [0.2, 0.25) is 0 Å². The monoisotopic (exact) mass is 573 g/mol. The maximum Gasteiger partial charge on any atom is 0.225 e. The van der Waals surface area contributed by atoms with Crippen LogP contribution in [0.15, 0.2) is 18.2 Å². The summed E-state index contributed by atoms with van der Waals surface area (Å²) in [4.78, 5) is 15.5. The highest BCUT2D eigenvalue weighted by Crippen LogP contribution is 2.38. The molecule has 1 amide bonds. The number of amides is 1. The SMILES string of the molecule is COCCCN1CC(C)(C)Oc2ccc(CO[C@@H]3CC[C@@H](CC(C)(C)C(=O)NCC4CCC(OC)CC4)NC3)cc21. The van der Waals surface area contributed by atoms with Crippen molar-refractivity contribution in [1.29, 1.82) is 0 Å². The molecule has 8 heteroatoms. The van der Waals surface area contributed by atoms with Crippen molar-refractivity contribution in [1.82, 2.24) is 10.6 Å². The van der Waals surface area contributed by atoms with E-state index >= 15 is 0 Å². The van der Waals surface area contributed by atoms with Gasteiger partial charge in [-0.1, -0.05) is 19.9 Å². The van der Waals surface area contributed by atoms with Crippen molar-refractivity contribution in [2.75, 3.05) is 51.9 Å². The molecule has 2 fully saturated rings. The number of hydrogen-bond acceptors (Lipinski definition) is 7. The van der Waals surface area contributed by atoms with Crippen LogP contribution in [0.1, 0.15) is 84.6 Å². The number of carbonyl (C=O) groups excluding carboxylic acids is 1. The average molecular weight is 574 g/mol. The highest BCUT2D eigenvalue weighted by molar-refractivity contribution is 5.81. The van der Waals surface area contributed by atoms with Gasteiger partial charge in [0.15, 0.2) is 0 Å². The third-order valence-corrected chi connectivity index (χ3v) is 9.11. The van der Waals surface area contributed by atoms with Crippen LogP contribution in [-0.2, 0) is 25.6 Å². The number of ether oxygens (including phenoxy) is 4. The van der Waals surface area contributed by atoms with Crippen LogP contribution in [0.25, 0.3) is 0 Å². The van der Waals surface area contributed by atoms with Crippen LogP contribution in [0.4, 0.5) is 5.69 Å². The van der Waals surface area contributed by atoms with Crippen LogP contribution >= 0.6 is 0 Å². The zero-order chi connectivity index (χ0) is 29.5. The maximum absolute atomic E-state index is 13.1. The minimum atomic E-state index is -0.399. The van der Waals surface area contributed by atoms with E-state index in [1.54, 1.807) is 14.2 Å². The molecule has 0 bridgehead atoms. The molecule has 1 saturated heterocycles. The Morgan fingerprint density at radius 2 is 1.88 bits per heavy atom. The Labute approximate surface area is 248 Å². The molecule has 2 N–H and O–H groups in total. The van der Waals surface area contributed by atoms with Gasteiger partial charge in [0.1, 0.15) is 11.4 Å². The fourth-order valence-corrected chi connectivity index (χ4v) is 6.64. The van der Waals surface area contributed by atoms with Crippen molar-refractivity contribution >= 4 is 11.6 Å². The highest BCUT2D eigenvalue weighted by Gasteiger charge is 2.34. The number of fused-ring (bicyclic) bond motifs is 1. The van der Waals surface area contributed by atoms with Crippen molar-refractivity contribution in [2.45, 2.75) is 110 Å². The van der Waals surface area contributed by atoms with Gasteiger partial charge in [-0.05, 0) is 88.8 Å². The van der Waals surface area contributed by atoms with E-state index in [4.69, 9.17) is 18.9 Å². The van der Waals surface area contributed by atoms with Crippen LogP contribution < -0.4 is 20.3 Å². The molecule has 8 nitrogen and oxygen atoms in total. The summed E-state index contributed by atoms with van der Waals surface area (Å²) in [5, 5.41) is 6.92. The molecule has 0 spiro atoms. The fourth-order valence-electron chi connectivity index (χ4n) is 6.64. The van der Waals surface area contributed by atoms with Gasteiger partial charge in [0, 0.05) is 51.9 Å². The highest BCUT2D eigenvalue weighted by atomic mass is 16.5. The Morgan fingerprint density at radius 1 is 1.12 bits per heavy atom. The summed E-state index contributed by atoms with van der Waals surface area (Å²) < 4.78 is 23.4. The number of carbonyl (C=O) groups is 1. The average Bonchev–Trinajstić information content (AvgIpc) is 2.95. The van der Waals surface area contributed by atoms with Gasteiger partial charge in [0.25, 0.3) is 0 Å². The Balaban J connectivity index is 1.20. The van der Waals surface area contributed by atoms with E-state index in [0.29, 0.717) is 24.7 Å². The lowest BCUT2D eigenvalue weighted by Gasteiger charge is -2.41. The summed E-state index contributed by atoms with van der Waals surface area (Å²) in [5.74, 6) is 1.68. The zero-order valence-corrected chi connectivity index (χ0v) is 26.4. The second-order valence-corrected chi connectivity index (χ2v) is 13.7. The summed E-state index contributed by atoms with van der Waals surface area (Å²) in [5.41, 5.74) is 1.69. The predicted octanol–water partition coefficient (Wildman–Crippen LogP) is 5.08. The molecule has 1 aromatic rings. The lowest BCUT2D eigenvalue weighted by atomic mass is 9.81. The molecule has 41 heavy (non-hydrogen) atoms. The number of nitrogens with one attached hydrogen (secondary N) is 2. The fraction of sp³-hybridized carbons (Fsp3) is 0.788. The molecule has 2 aliphatic heterocycles. The molecule has 1 aliphatic carbocycles. The van der Waals surface area contributed by atoms with Crippen LogP contribution in [0, 0.1) is 11.3 Å². The molecule has 0 aromatic heterocycles. The predicted molar refractivity (Wildman–Crippen MR) is 164 cm³/mol. The Kier molecular flexibility index (Phi) is 11.4. The largest absolute Gasteiger partial charge is 0.484 e. The smallest absolute Gasteiger partial charge is 0.225 e. The standard InChI is InChI=1S/C33H55N3O5/c1-32(2,31(37)35-20-24-8-12-27(39-6)13-9-24)19-26-11-14-28(21-34-26)40-22-25-10-15-30-29(18-25)36(16-7-17-38-5)23-33(3,4)41-30/h10,15,18,24,26-28,34H,7-9,11-14,16-17,19-23H2,1-6H3,(H,35,37)/t24?,26-,27?,28+/m0/s1. The minimum Gasteiger partial charge on any atom is -0.484 e.